The van der Waals surface area contributed by atoms with Gasteiger partial charge >= 0.3 is 0 Å². The summed E-state index contributed by atoms with van der Waals surface area (Å²) in [6.45, 7) is 2.24. The van der Waals surface area contributed by atoms with Gasteiger partial charge in [0.2, 0.25) is 5.91 Å². The van der Waals surface area contributed by atoms with Gasteiger partial charge in [-0.2, -0.15) is 0 Å². The van der Waals surface area contributed by atoms with E-state index in [-0.39, 0.29) is 12.5 Å². The van der Waals surface area contributed by atoms with E-state index in [1.54, 1.807) is 18.2 Å². The minimum absolute atomic E-state index is 0.167. The standard InChI is InChI=1S/C16H16Cl2N2O/c1-2-11-6-3-4-8-13(11)19-10-15(21)20-14-9-5-7-12(17)16(14)18/h3-9,19H,2,10H2,1H3,(H,20,21). The van der Waals surface area contributed by atoms with E-state index in [0.717, 1.165) is 12.1 Å². The minimum Gasteiger partial charge on any atom is -0.376 e. The minimum atomic E-state index is -0.176. The fraction of sp³-hybridized carbons (Fsp3) is 0.188. The number of halogens is 2. The van der Waals surface area contributed by atoms with E-state index >= 15 is 0 Å². The Bertz CT molecular complexity index is 644. The molecular formula is C16H16Cl2N2O. The molecular weight excluding hydrogens is 307 g/mol. The van der Waals surface area contributed by atoms with E-state index in [1.807, 2.05) is 24.3 Å². The van der Waals surface area contributed by atoms with Crippen molar-refractivity contribution in [3.63, 3.8) is 0 Å². The van der Waals surface area contributed by atoms with Crippen molar-refractivity contribution in [1.29, 1.82) is 0 Å². The summed E-state index contributed by atoms with van der Waals surface area (Å²) in [5.41, 5.74) is 2.65. The Kier molecular flexibility index (Phi) is 5.48. The lowest BCUT2D eigenvalue weighted by Gasteiger charge is -2.12. The van der Waals surface area contributed by atoms with Gasteiger partial charge < -0.3 is 10.6 Å². The summed E-state index contributed by atoms with van der Waals surface area (Å²) in [5.74, 6) is -0.176. The van der Waals surface area contributed by atoms with E-state index < -0.39 is 0 Å². The second-order valence-corrected chi connectivity index (χ2v) is 5.30. The molecule has 2 N–H and O–H groups in total. The zero-order valence-electron chi connectivity index (χ0n) is 11.6. The third kappa shape index (κ3) is 4.13. The summed E-state index contributed by atoms with van der Waals surface area (Å²) in [5, 5.41) is 6.64. The van der Waals surface area contributed by atoms with E-state index in [1.165, 1.54) is 5.56 Å². The number of carbonyl (C=O) groups excluding carboxylic acids is 1. The third-order valence-corrected chi connectivity index (χ3v) is 3.88. The van der Waals surface area contributed by atoms with Gasteiger partial charge in [0, 0.05) is 5.69 Å². The third-order valence-electron chi connectivity index (χ3n) is 3.06. The second-order valence-electron chi connectivity index (χ2n) is 4.51. The van der Waals surface area contributed by atoms with Gasteiger partial charge in [0.1, 0.15) is 0 Å². The van der Waals surface area contributed by atoms with Crippen LogP contribution in [0.25, 0.3) is 0 Å². The van der Waals surface area contributed by atoms with Crippen LogP contribution in [0.4, 0.5) is 11.4 Å². The summed E-state index contributed by atoms with van der Waals surface area (Å²) < 4.78 is 0. The number of rotatable bonds is 5. The predicted molar refractivity (Wildman–Crippen MR) is 89.4 cm³/mol. The summed E-state index contributed by atoms with van der Waals surface area (Å²) in [6.07, 6.45) is 0.908. The average Bonchev–Trinajstić information content (AvgIpc) is 2.50. The van der Waals surface area contributed by atoms with Gasteiger partial charge in [-0.15, -0.1) is 0 Å². The number of nitrogens with one attached hydrogen (secondary N) is 2. The van der Waals surface area contributed by atoms with E-state index in [0.29, 0.717) is 15.7 Å². The van der Waals surface area contributed by atoms with Crippen molar-refractivity contribution in [1.82, 2.24) is 0 Å². The molecule has 2 aromatic carbocycles. The summed E-state index contributed by atoms with van der Waals surface area (Å²) >= 11 is 11.9. The van der Waals surface area contributed by atoms with Crippen molar-refractivity contribution in [2.75, 3.05) is 17.2 Å². The maximum absolute atomic E-state index is 12.0. The van der Waals surface area contributed by atoms with Crippen LogP contribution in [-0.2, 0) is 11.2 Å². The molecule has 0 saturated carbocycles. The molecule has 0 fully saturated rings. The Morgan fingerprint density at radius 3 is 2.52 bits per heavy atom. The number of carbonyl (C=O) groups is 1. The molecule has 21 heavy (non-hydrogen) atoms. The van der Waals surface area contributed by atoms with Crippen LogP contribution in [0.2, 0.25) is 10.0 Å². The zero-order chi connectivity index (χ0) is 15.2. The van der Waals surface area contributed by atoms with Gasteiger partial charge in [-0.25, -0.2) is 0 Å². The van der Waals surface area contributed by atoms with Gasteiger partial charge in [-0.05, 0) is 30.2 Å². The SMILES string of the molecule is CCc1ccccc1NCC(=O)Nc1cccc(Cl)c1Cl. The molecule has 0 aliphatic heterocycles. The van der Waals surface area contributed by atoms with Gasteiger partial charge in [0.05, 0.1) is 22.3 Å². The van der Waals surface area contributed by atoms with Gasteiger partial charge in [-0.1, -0.05) is 54.4 Å². The number of anilines is 2. The summed E-state index contributed by atoms with van der Waals surface area (Å²) in [7, 11) is 0. The van der Waals surface area contributed by atoms with Crippen LogP contribution in [0.3, 0.4) is 0 Å². The lowest BCUT2D eigenvalue weighted by molar-refractivity contribution is -0.114. The lowest BCUT2D eigenvalue weighted by Crippen LogP contribution is -2.22. The number of benzene rings is 2. The van der Waals surface area contributed by atoms with E-state index in [4.69, 9.17) is 23.2 Å². The van der Waals surface area contributed by atoms with Crippen LogP contribution in [0, 0.1) is 0 Å². The lowest BCUT2D eigenvalue weighted by atomic mass is 10.1. The van der Waals surface area contributed by atoms with Crippen LogP contribution in [-0.4, -0.2) is 12.5 Å². The Labute approximate surface area is 134 Å². The summed E-state index contributed by atoms with van der Waals surface area (Å²) in [6, 6.07) is 13.0. The molecule has 3 nitrogen and oxygen atoms in total. The molecule has 0 unspecified atom stereocenters. The Morgan fingerprint density at radius 2 is 1.76 bits per heavy atom. The first-order valence-corrected chi connectivity index (χ1v) is 7.43. The van der Waals surface area contributed by atoms with Crippen molar-refractivity contribution in [2.45, 2.75) is 13.3 Å². The zero-order valence-corrected chi connectivity index (χ0v) is 13.1. The van der Waals surface area contributed by atoms with Gasteiger partial charge in [0.15, 0.2) is 0 Å². The molecule has 5 heteroatoms. The Morgan fingerprint density at radius 1 is 1.05 bits per heavy atom. The topological polar surface area (TPSA) is 41.1 Å². The van der Waals surface area contributed by atoms with Gasteiger partial charge in [-0.3, -0.25) is 4.79 Å². The van der Waals surface area contributed by atoms with Crippen molar-refractivity contribution < 1.29 is 4.79 Å². The highest BCUT2D eigenvalue weighted by Crippen LogP contribution is 2.29. The van der Waals surface area contributed by atoms with Crippen molar-refractivity contribution in [3.8, 4) is 0 Å². The van der Waals surface area contributed by atoms with Crippen LogP contribution < -0.4 is 10.6 Å². The van der Waals surface area contributed by atoms with Crippen LogP contribution >= 0.6 is 23.2 Å². The molecule has 0 aliphatic rings. The fourth-order valence-corrected chi connectivity index (χ4v) is 2.32. The second kappa shape index (κ2) is 7.34. The molecule has 0 aromatic heterocycles. The number of amides is 1. The molecule has 2 aromatic rings. The molecule has 0 saturated heterocycles. The quantitative estimate of drug-likeness (QED) is 0.844. The van der Waals surface area contributed by atoms with Crippen molar-refractivity contribution in [3.05, 3.63) is 58.1 Å². The fourth-order valence-electron chi connectivity index (χ4n) is 1.97. The number of aryl methyl sites for hydroxylation is 1. The first-order valence-electron chi connectivity index (χ1n) is 6.67. The van der Waals surface area contributed by atoms with Crippen molar-refractivity contribution in [2.24, 2.45) is 0 Å². The predicted octanol–water partition coefficient (Wildman–Crippen LogP) is 4.61. The van der Waals surface area contributed by atoms with Crippen LogP contribution in [0.15, 0.2) is 42.5 Å². The van der Waals surface area contributed by atoms with Crippen LogP contribution in [0.1, 0.15) is 12.5 Å². The van der Waals surface area contributed by atoms with Crippen molar-refractivity contribution >= 4 is 40.5 Å². The first-order chi connectivity index (χ1) is 10.1. The highest BCUT2D eigenvalue weighted by molar-refractivity contribution is 6.44. The molecule has 0 aliphatic carbocycles. The Balaban J connectivity index is 1.98. The number of hydrogen-bond donors (Lipinski definition) is 2. The molecule has 0 spiro atoms. The number of para-hydroxylation sites is 1. The molecule has 0 atom stereocenters. The maximum Gasteiger partial charge on any atom is 0.243 e. The molecule has 110 valence electrons. The molecule has 0 heterocycles. The number of hydrogen-bond acceptors (Lipinski definition) is 2. The highest BCUT2D eigenvalue weighted by atomic mass is 35.5. The smallest absolute Gasteiger partial charge is 0.243 e. The largest absolute Gasteiger partial charge is 0.376 e. The first kappa shape index (κ1) is 15.7. The van der Waals surface area contributed by atoms with Gasteiger partial charge in [0.25, 0.3) is 0 Å². The monoisotopic (exact) mass is 322 g/mol. The maximum atomic E-state index is 12.0. The van der Waals surface area contributed by atoms with Crippen LogP contribution in [0.5, 0.6) is 0 Å². The molecule has 0 bridgehead atoms. The summed E-state index contributed by atoms with van der Waals surface area (Å²) in [4.78, 5) is 12.0. The molecule has 2 rings (SSSR count). The molecule has 1 amide bonds. The average molecular weight is 323 g/mol. The molecule has 0 radical (unpaired) electrons. The van der Waals surface area contributed by atoms with E-state index in [2.05, 4.69) is 17.6 Å². The highest BCUT2D eigenvalue weighted by Gasteiger charge is 2.08. The van der Waals surface area contributed by atoms with E-state index in [9.17, 15) is 4.79 Å². The Hall–Kier alpha value is -1.71. The normalized spacial score (nSPS) is 10.2.